The first-order valence-electron chi connectivity index (χ1n) is 5.38. The Morgan fingerprint density at radius 3 is 2.71 bits per heavy atom. The smallest absolute Gasteiger partial charge is 0.256 e. The van der Waals surface area contributed by atoms with Gasteiger partial charge in [-0.1, -0.05) is 0 Å². The SMILES string of the molecule is COC(C)(C)CNC(=O)c1c[nH]c(C)cc1=O. The molecule has 1 aromatic rings. The molecule has 0 spiro atoms. The number of ether oxygens (including phenoxy) is 1. The molecule has 0 aromatic carbocycles. The van der Waals surface area contributed by atoms with Crippen LogP contribution in [0.5, 0.6) is 0 Å². The molecule has 17 heavy (non-hydrogen) atoms. The number of pyridine rings is 1. The second-order valence-electron chi connectivity index (χ2n) is 4.54. The minimum Gasteiger partial charge on any atom is -0.377 e. The second-order valence-corrected chi connectivity index (χ2v) is 4.54. The summed E-state index contributed by atoms with van der Waals surface area (Å²) in [5, 5.41) is 2.67. The predicted octanol–water partition coefficient (Wildman–Crippen LogP) is 0.838. The van der Waals surface area contributed by atoms with E-state index < -0.39 is 11.5 Å². The van der Waals surface area contributed by atoms with Crippen LogP contribution in [-0.4, -0.2) is 30.1 Å². The normalized spacial score (nSPS) is 11.3. The zero-order valence-electron chi connectivity index (χ0n) is 10.6. The Kier molecular flexibility index (Phi) is 4.07. The summed E-state index contributed by atoms with van der Waals surface area (Å²) in [6.07, 6.45) is 1.42. The summed E-state index contributed by atoms with van der Waals surface area (Å²) >= 11 is 0. The Morgan fingerprint density at radius 2 is 2.18 bits per heavy atom. The van der Waals surface area contributed by atoms with Crippen LogP contribution >= 0.6 is 0 Å². The molecule has 0 aliphatic heterocycles. The maximum Gasteiger partial charge on any atom is 0.256 e. The van der Waals surface area contributed by atoms with Gasteiger partial charge in [0.1, 0.15) is 5.56 Å². The molecule has 0 unspecified atom stereocenters. The summed E-state index contributed by atoms with van der Waals surface area (Å²) in [6.45, 7) is 5.81. The van der Waals surface area contributed by atoms with Gasteiger partial charge in [-0.25, -0.2) is 0 Å². The van der Waals surface area contributed by atoms with Crippen molar-refractivity contribution >= 4 is 5.91 Å². The van der Waals surface area contributed by atoms with Gasteiger partial charge in [0, 0.05) is 31.6 Å². The monoisotopic (exact) mass is 238 g/mol. The Morgan fingerprint density at radius 1 is 1.53 bits per heavy atom. The van der Waals surface area contributed by atoms with Crippen molar-refractivity contribution in [1.82, 2.24) is 10.3 Å². The van der Waals surface area contributed by atoms with Crippen LogP contribution in [0.4, 0.5) is 0 Å². The molecule has 94 valence electrons. The lowest BCUT2D eigenvalue weighted by molar-refractivity contribution is 0.0228. The van der Waals surface area contributed by atoms with E-state index in [0.29, 0.717) is 6.54 Å². The van der Waals surface area contributed by atoms with Gasteiger partial charge in [-0.2, -0.15) is 0 Å². The van der Waals surface area contributed by atoms with E-state index in [9.17, 15) is 9.59 Å². The molecule has 0 aliphatic carbocycles. The van der Waals surface area contributed by atoms with E-state index in [0.717, 1.165) is 5.69 Å². The number of methoxy groups -OCH3 is 1. The first-order chi connectivity index (χ1) is 7.85. The van der Waals surface area contributed by atoms with E-state index in [1.165, 1.54) is 12.3 Å². The Labute approximate surface area is 100 Å². The first-order valence-corrected chi connectivity index (χ1v) is 5.38. The lowest BCUT2D eigenvalue weighted by atomic mass is 10.1. The van der Waals surface area contributed by atoms with Gasteiger partial charge in [-0.15, -0.1) is 0 Å². The number of amides is 1. The van der Waals surface area contributed by atoms with E-state index in [4.69, 9.17) is 4.74 Å². The topological polar surface area (TPSA) is 71.2 Å². The number of hydrogen-bond donors (Lipinski definition) is 2. The minimum absolute atomic E-state index is 0.113. The fraction of sp³-hybridized carbons (Fsp3) is 0.500. The van der Waals surface area contributed by atoms with Crippen LogP contribution in [0, 0.1) is 6.92 Å². The fourth-order valence-electron chi connectivity index (χ4n) is 1.21. The van der Waals surface area contributed by atoms with Crippen LogP contribution in [0.2, 0.25) is 0 Å². The largest absolute Gasteiger partial charge is 0.377 e. The highest BCUT2D eigenvalue weighted by Gasteiger charge is 2.18. The molecular formula is C12H18N2O3. The van der Waals surface area contributed by atoms with Gasteiger partial charge in [-0.3, -0.25) is 9.59 Å². The van der Waals surface area contributed by atoms with Crippen LogP contribution in [-0.2, 0) is 4.74 Å². The summed E-state index contributed by atoms with van der Waals surface area (Å²) in [5.74, 6) is -0.392. The van der Waals surface area contributed by atoms with Crippen molar-refractivity contribution in [2.45, 2.75) is 26.4 Å². The van der Waals surface area contributed by atoms with Crippen LogP contribution in [0.1, 0.15) is 29.9 Å². The third-order valence-electron chi connectivity index (χ3n) is 2.53. The van der Waals surface area contributed by atoms with Gasteiger partial charge in [0.2, 0.25) is 0 Å². The predicted molar refractivity (Wildman–Crippen MR) is 65.2 cm³/mol. The van der Waals surface area contributed by atoms with Crippen molar-refractivity contribution in [3.8, 4) is 0 Å². The summed E-state index contributed by atoms with van der Waals surface area (Å²) in [4.78, 5) is 26.2. The molecule has 5 heteroatoms. The molecule has 1 aromatic heterocycles. The summed E-state index contributed by atoms with van der Waals surface area (Å²) in [6, 6.07) is 1.40. The summed E-state index contributed by atoms with van der Waals surface area (Å²) in [7, 11) is 1.57. The molecule has 1 amide bonds. The van der Waals surface area contributed by atoms with Gasteiger partial charge in [0.25, 0.3) is 5.91 Å². The Hall–Kier alpha value is -1.62. The number of aryl methyl sites for hydroxylation is 1. The van der Waals surface area contributed by atoms with E-state index in [2.05, 4.69) is 10.3 Å². The van der Waals surface area contributed by atoms with Gasteiger partial charge in [0.15, 0.2) is 5.43 Å². The molecule has 0 saturated carbocycles. The quantitative estimate of drug-likeness (QED) is 0.816. The number of H-pyrrole nitrogens is 1. The molecule has 0 bridgehead atoms. The zero-order valence-corrected chi connectivity index (χ0v) is 10.6. The minimum atomic E-state index is -0.451. The number of hydrogen-bond acceptors (Lipinski definition) is 3. The highest BCUT2D eigenvalue weighted by molar-refractivity contribution is 5.93. The van der Waals surface area contributed by atoms with Crippen molar-refractivity contribution in [3.05, 3.63) is 33.7 Å². The van der Waals surface area contributed by atoms with Gasteiger partial charge in [-0.05, 0) is 20.8 Å². The highest BCUT2D eigenvalue weighted by atomic mass is 16.5. The molecule has 0 fully saturated rings. The van der Waals surface area contributed by atoms with Gasteiger partial charge < -0.3 is 15.0 Å². The van der Waals surface area contributed by atoms with Crippen molar-refractivity contribution < 1.29 is 9.53 Å². The van der Waals surface area contributed by atoms with Crippen LogP contribution in [0.15, 0.2) is 17.1 Å². The van der Waals surface area contributed by atoms with E-state index in [-0.39, 0.29) is 11.0 Å². The molecule has 0 saturated heterocycles. The molecule has 1 heterocycles. The fourth-order valence-corrected chi connectivity index (χ4v) is 1.21. The first kappa shape index (κ1) is 13.4. The number of rotatable bonds is 4. The van der Waals surface area contributed by atoms with E-state index in [1.807, 2.05) is 13.8 Å². The third kappa shape index (κ3) is 3.71. The average molecular weight is 238 g/mol. The van der Waals surface area contributed by atoms with Crippen molar-refractivity contribution in [3.63, 3.8) is 0 Å². The highest BCUT2D eigenvalue weighted by Crippen LogP contribution is 2.05. The maximum atomic E-state index is 11.8. The van der Waals surface area contributed by atoms with E-state index in [1.54, 1.807) is 14.0 Å². The second kappa shape index (κ2) is 5.14. The molecule has 0 atom stereocenters. The maximum absolute atomic E-state index is 11.8. The molecule has 0 aliphatic rings. The molecule has 0 radical (unpaired) electrons. The number of aromatic nitrogens is 1. The number of aromatic amines is 1. The third-order valence-corrected chi connectivity index (χ3v) is 2.53. The number of nitrogens with one attached hydrogen (secondary N) is 2. The summed E-state index contributed by atoms with van der Waals surface area (Å²) < 4.78 is 5.17. The molecule has 1 rings (SSSR count). The Bertz CT molecular complexity index is 463. The average Bonchev–Trinajstić information content (AvgIpc) is 2.26. The Balaban J connectivity index is 2.74. The van der Waals surface area contributed by atoms with E-state index >= 15 is 0 Å². The van der Waals surface area contributed by atoms with Gasteiger partial charge in [0.05, 0.1) is 5.60 Å². The van der Waals surface area contributed by atoms with Crippen molar-refractivity contribution in [1.29, 1.82) is 0 Å². The van der Waals surface area contributed by atoms with Crippen molar-refractivity contribution in [2.24, 2.45) is 0 Å². The molecule has 2 N–H and O–H groups in total. The number of carbonyl (C=O) groups excluding carboxylic acids is 1. The standard InChI is InChI=1S/C12H18N2O3/c1-8-5-10(15)9(6-13-8)11(16)14-7-12(2,3)17-4/h5-6H,7H2,1-4H3,(H,13,15)(H,14,16). The number of carbonyl (C=O) groups is 1. The van der Waals surface area contributed by atoms with Crippen LogP contribution < -0.4 is 10.7 Å². The molecular weight excluding hydrogens is 220 g/mol. The van der Waals surface area contributed by atoms with Crippen LogP contribution in [0.3, 0.4) is 0 Å². The lowest BCUT2D eigenvalue weighted by Gasteiger charge is -2.22. The molecule has 5 nitrogen and oxygen atoms in total. The summed E-state index contributed by atoms with van der Waals surface area (Å²) in [5.41, 5.74) is 0.105. The van der Waals surface area contributed by atoms with Crippen molar-refractivity contribution in [2.75, 3.05) is 13.7 Å². The van der Waals surface area contributed by atoms with Crippen LogP contribution in [0.25, 0.3) is 0 Å². The lowest BCUT2D eigenvalue weighted by Crippen LogP contribution is -2.41. The zero-order chi connectivity index (χ0) is 13.1. The van der Waals surface area contributed by atoms with Gasteiger partial charge >= 0.3 is 0 Å².